The lowest BCUT2D eigenvalue weighted by Crippen LogP contribution is -2.25. The fraction of sp³-hybridized carbons (Fsp3) is 0.211. The summed E-state index contributed by atoms with van der Waals surface area (Å²) in [5.74, 6) is -0.146. The van der Waals surface area contributed by atoms with Crippen molar-refractivity contribution in [2.75, 3.05) is 19.0 Å². The molecule has 0 aliphatic carbocycles. The topological polar surface area (TPSA) is 100 Å². The zero-order chi connectivity index (χ0) is 20.1. The number of carbonyl (C=O) groups is 1. The van der Waals surface area contributed by atoms with Gasteiger partial charge in [-0.2, -0.15) is 5.10 Å². The number of nitrogens with zero attached hydrogens (tertiary/aromatic N) is 4. The molecule has 1 unspecified atom stereocenters. The number of anilines is 1. The summed E-state index contributed by atoms with van der Waals surface area (Å²) in [6.07, 6.45) is 2.09. The molecule has 1 fully saturated rings. The summed E-state index contributed by atoms with van der Waals surface area (Å²) in [4.78, 5) is 24.4. The lowest BCUT2D eigenvalue weighted by molar-refractivity contribution is -0.384. The number of carbonyl (C=O) groups excluding carboxylic acids is 1. The Morgan fingerprint density at radius 3 is 2.46 bits per heavy atom. The predicted molar refractivity (Wildman–Crippen MR) is 112 cm³/mol. The first-order chi connectivity index (χ1) is 13.4. The molecule has 0 spiro atoms. The van der Waals surface area contributed by atoms with Crippen molar-refractivity contribution < 1.29 is 9.72 Å². The lowest BCUT2D eigenvalue weighted by Gasteiger charge is -2.11. The Labute approximate surface area is 166 Å². The van der Waals surface area contributed by atoms with E-state index >= 15 is 0 Å². The highest BCUT2D eigenvalue weighted by Crippen LogP contribution is 2.24. The molecule has 1 atom stereocenters. The summed E-state index contributed by atoms with van der Waals surface area (Å²) < 4.78 is 0. The van der Waals surface area contributed by atoms with E-state index in [1.807, 2.05) is 43.3 Å². The molecule has 144 valence electrons. The molecular formula is C19H19N5O3S. The van der Waals surface area contributed by atoms with Gasteiger partial charge in [0.05, 0.1) is 16.4 Å². The maximum absolute atomic E-state index is 12.1. The third-order valence-corrected chi connectivity index (χ3v) is 5.18. The van der Waals surface area contributed by atoms with Crippen molar-refractivity contribution in [1.82, 2.24) is 5.32 Å². The van der Waals surface area contributed by atoms with Crippen LogP contribution in [0.2, 0.25) is 0 Å². The monoisotopic (exact) mass is 397 g/mol. The fourth-order valence-corrected chi connectivity index (χ4v) is 3.53. The summed E-state index contributed by atoms with van der Waals surface area (Å²) >= 11 is 1.30. The molecule has 1 aliphatic rings. The molecule has 1 aliphatic heterocycles. The van der Waals surface area contributed by atoms with E-state index in [4.69, 9.17) is 0 Å². The second-order valence-corrected chi connectivity index (χ2v) is 7.55. The number of thioether (sulfide) groups is 1. The normalized spacial score (nSPS) is 17.9. The van der Waals surface area contributed by atoms with Gasteiger partial charge in [-0.15, -0.1) is 5.10 Å². The van der Waals surface area contributed by atoms with E-state index in [-0.39, 0.29) is 16.8 Å². The number of nitro benzene ring substituents is 1. The fourth-order valence-electron chi connectivity index (χ4n) is 2.56. The minimum absolute atomic E-state index is 0.0301. The van der Waals surface area contributed by atoms with Crippen LogP contribution < -0.4 is 10.2 Å². The van der Waals surface area contributed by atoms with Crippen LogP contribution in [0.3, 0.4) is 0 Å². The Morgan fingerprint density at radius 2 is 1.86 bits per heavy atom. The first-order valence-corrected chi connectivity index (χ1v) is 9.39. The molecule has 8 nitrogen and oxygen atoms in total. The zero-order valence-electron chi connectivity index (χ0n) is 15.4. The molecule has 0 aromatic heterocycles. The van der Waals surface area contributed by atoms with Crippen molar-refractivity contribution in [2.24, 2.45) is 10.2 Å². The summed E-state index contributed by atoms with van der Waals surface area (Å²) in [7, 11) is 3.95. The maximum Gasteiger partial charge on any atom is 0.269 e. The Bertz CT molecular complexity index is 924. The summed E-state index contributed by atoms with van der Waals surface area (Å²) in [6.45, 7) is 0. The first kappa shape index (κ1) is 19.6. The molecule has 1 amide bonds. The summed E-state index contributed by atoms with van der Waals surface area (Å²) in [5, 5.41) is 21.6. The van der Waals surface area contributed by atoms with Crippen LogP contribution in [0.15, 0.2) is 58.7 Å². The van der Waals surface area contributed by atoms with Crippen molar-refractivity contribution in [3.63, 3.8) is 0 Å². The van der Waals surface area contributed by atoms with Gasteiger partial charge in [0.15, 0.2) is 5.17 Å². The largest absolute Gasteiger partial charge is 0.378 e. The Morgan fingerprint density at radius 1 is 1.18 bits per heavy atom. The molecule has 1 saturated heterocycles. The van der Waals surface area contributed by atoms with Crippen LogP contribution in [0.25, 0.3) is 0 Å². The van der Waals surface area contributed by atoms with Crippen molar-refractivity contribution in [1.29, 1.82) is 0 Å². The minimum atomic E-state index is -0.447. The van der Waals surface area contributed by atoms with Crippen molar-refractivity contribution >= 4 is 40.4 Å². The Kier molecular flexibility index (Phi) is 6.05. The summed E-state index contributed by atoms with van der Waals surface area (Å²) in [5.41, 5.74) is 2.88. The quantitative estimate of drug-likeness (QED) is 0.459. The Hall–Kier alpha value is -3.20. The molecule has 2 aromatic carbocycles. The second kappa shape index (κ2) is 8.66. The number of nitrogens with one attached hydrogen (secondary N) is 1. The van der Waals surface area contributed by atoms with Gasteiger partial charge in [0, 0.05) is 31.9 Å². The van der Waals surface area contributed by atoms with Crippen molar-refractivity contribution in [2.45, 2.75) is 11.7 Å². The van der Waals surface area contributed by atoms with Crippen LogP contribution in [0.1, 0.15) is 11.1 Å². The maximum atomic E-state index is 12.1. The van der Waals surface area contributed by atoms with Crippen LogP contribution in [0, 0.1) is 10.1 Å². The number of hydrogen-bond donors (Lipinski definition) is 1. The van der Waals surface area contributed by atoms with E-state index in [2.05, 4.69) is 15.5 Å². The molecule has 0 saturated carbocycles. The van der Waals surface area contributed by atoms with Gasteiger partial charge in [0.1, 0.15) is 0 Å². The van der Waals surface area contributed by atoms with E-state index < -0.39 is 4.92 Å². The Balaban J connectivity index is 1.59. The van der Waals surface area contributed by atoms with Crippen LogP contribution in [0.4, 0.5) is 11.4 Å². The second-order valence-electron chi connectivity index (χ2n) is 6.36. The van der Waals surface area contributed by atoms with E-state index in [0.717, 1.165) is 16.8 Å². The number of rotatable bonds is 6. The number of amides is 1. The average Bonchev–Trinajstić information content (AvgIpc) is 3.02. The van der Waals surface area contributed by atoms with Crippen molar-refractivity contribution in [3.05, 3.63) is 69.8 Å². The van der Waals surface area contributed by atoms with E-state index in [1.165, 1.54) is 23.9 Å². The van der Waals surface area contributed by atoms with Gasteiger partial charge < -0.3 is 10.2 Å². The molecule has 2 aromatic rings. The predicted octanol–water partition coefficient (Wildman–Crippen LogP) is 2.83. The molecule has 3 rings (SSSR count). The number of amidine groups is 1. The van der Waals surface area contributed by atoms with Gasteiger partial charge in [0.25, 0.3) is 5.69 Å². The van der Waals surface area contributed by atoms with Gasteiger partial charge in [0.2, 0.25) is 5.91 Å². The average molecular weight is 397 g/mol. The van der Waals surface area contributed by atoms with Crippen molar-refractivity contribution in [3.8, 4) is 0 Å². The van der Waals surface area contributed by atoms with Crippen LogP contribution in [-0.2, 0) is 11.2 Å². The molecule has 0 bridgehead atoms. The standard InChI is InChI=1S/C19H19N5O3S/c1-23(2)15-7-5-14(6-8-15)12-20-22-19-21-18(25)17(28-19)11-13-3-9-16(10-4-13)24(26)27/h3-10,12,17H,11H2,1-2H3,(H,21,22,25). The van der Waals surface area contributed by atoms with E-state index in [1.54, 1.807) is 18.3 Å². The number of nitro groups is 1. The first-order valence-electron chi connectivity index (χ1n) is 8.51. The number of hydrogen-bond acceptors (Lipinski definition) is 7. The number of benzene rings is 2. The minimum Gasteiger partial charge on any atom is -0.378 e. The van der Waals surface area contributed by atoms with Gasteiger partial charge in [-0.05, 0) is 29.7 Å². The third-order valence-electron chi connectivity index (χ3n) is 4.11. The zero-order valence-corrected chi connectivity index (χ0v) is 16.2. The van der Waals surface area contributed by atoms with Crippen LogP contribution in [-0.4, -0.2) is 41.6 Å². The number of non-ortho nitro benzene ring substituents is 1. The molecule has 1 N–H and O–H groups in total. The molecule has 28 heavy (non-hydrogen) atoms. The third kappa shape index (κ3) is 4.95. The SMILES string of the molecule is CN(C)c1ccc(C=NN=C2NC(=O)C(Cc3ccc([N+](=O)[O-])cc3)S2)cc1. The molecule has 9 heteroatoms. The van der Waals surface area contributed by atoms with E-state index in [0.29, 0.717) is 11.6 Å². The van der Waals surface area contributed by atoms with E-state index in [9.17, 15) is 14.9 Å². The molecular weight excluding hydrogens is 378 g/mol. The van der Waals surface area contributed by atoms with Gasteiger partial charge >= 0.3 is 0 Å². The lowest BCUT2D eigenvalue weighted by atomic mass is 10.1. The molecule has 0 radical (unpaired) electrons. The van der Waals surface area contributed by atoms with Crippen LogP contribution >= 0.6 is 11.8 Å². The highest BCUT2D eigenvalue weighted by molar-refractivity contribution is 8.15. The highest BCUT2D eigenvalue weighted by atomic mass is 32.2. The van der Waals surface area contributed by atoms with Crippen LogP contribution in [0.5, 0.6) is 0 Å². The summed E-state index contributed by atoms with van der Waals surface area (Å²) in [6, 6.07) is 14.1. The molecule has 1 heterocycles. The van der Waals surface area contributed by atoms with Gasteiger partial charge in [-0.3, -0.25) is 14.9 Å². The highest BCUT2D eigenvalue weighted by Gasteiger charge is 2.30. The smallest absolute Gasteiger partial charge is 0.269 e. The van der Waals surface area contributed by atoms with Gasteiger partial charge in [-0.1, -0.05) is 36.0 Å². The van der Waals surface area contributed by atoms with Gasteiger partial charge in [-0.25, -0.2) is 0 Å².